The van der Waals surface area contributed by atoms with Crippen LogP contribution in [0.5, 0.6) is 0 Å². The molecule has 5 nitrogen and oxygen atoms in total. The van der Waals surface area contributed by atoms with Crippen molar-refractivity contribution in [2.24, 2.45) is 0 Å². The fraction of sp³-hybridized carbons (Fsp3) is 0.0909. The molecule has 19 heavy (non-hydrogen) atoms. The molecule has 3 aromatic rings. The highest BCUT2D eigenvalue weighted by Crippen LogP contribution is 2.29. The van der Waals surface area contributed by atoms with Gasteiger partial charge in [0.2, 0.25) is 0 Å². The van der Waals surface area contributed by atoms with E-state index >= 15 is 0 Å². The molecule has 0 atom stereocenters. The van der Waals surface area contributed by atoms with Crippen LogP contribution in [0, 0.1) is 0 Å². The van der Waals surface area contributed by atoms with Gasteiger partial charge in [-0.05, 0) is 18.2 Å². The van der Waals surface area contributed by atoms with E-state index in [0.717, 1.165) is 12.3 Å². The number of aromatic nitrogens is 5. The van der Waals surface area contributed by atoms with Gasteiger partial charge in [0.15, 0.2) is 0 Å². The standard InChI is InChI=1S/C11H6F3N5/c12-11(13,14)7-1-2-8(16-5-7)9-3-4-15-10-17-6-18-19(9)10/h1-6H. The normalized spacial score (nSPS) is 11.9. The summed E-state index contributed by atoms with van der Waals surface area (Å²) in [6.07, 6.45) is -0.792. The molecule has 3 aromatic heterocycles. The Bertz CT molecular complexity index is 717. The number of rotatable bonds is 1. The number of hydrogen-bond donors (Lipinski definition) is 0. The van der Waals surface area contributed by atoms with Crippen LogP contribution in [0.4, 0.5) is 13.2 Å². The smallest absolute Gasteiger partial charge is 0.254 e. The average molecular weight is 265 g/mol. The zero-order chi connectivity index (χ0) is 13.5. The van der Waals surface area contributed by atoms with Crippen molar-refractivity contribution in [1.29, 1.82) is 0 Å². The number of halogens is 3. The third-order valence-electron chi connectivity index (χ3n) is 2.53. The van der Waals surface area contributed by atoms with Gasteiger partial charge in [-0.15, -0.1) is 0 Å². The number of hydrogen-bond acceptors (Lipinski definition) is 4. The summed E-state index contributed by atoms with van der Waals surface area (Å²) >= 11 is 0. The first-order valence-corrected chi connectivity index (χ1v) is 5.24. The van der Waals surface area contributed by atoms with Crippen LogP contribution in [-0.4, -0.2) is 24.6 Å². The molecule has 0 spiro atoms. The van der Waals surface area contributed by atoms with E-state index in [1.54, 1.807) is 6.07 Å². The van der Waals surface area contributed by atoms with E-state index in [0.29, 0.717) is 17.2 Å². The van der Waals surface area contributed by atoms with Crippen molar-refractivity contribution in [2.45, 2.75) is 6.18 Å². The van der Waals surface area contributed by atoms with Crippen LogP contribution in [0.25, 0.3) is 17.2 Å². The molecule has 0 aliphatic heterocycles. The fourth-order valence-corrected chi connectivity index (χ4v) is 1.65. The summed E-state index contributed by atoms with van der Waals surface area (Å²) in [7, 11) is 0. The average Bonchev–Trinajstić information content (AvgIpc) is 2.86. The molecule has 0 amide bonds. The Morgan fingerprint density at radius 1 is 1.00 bits per heavy atom. The maximum atomic E-state index is 12.4. The van der Waals surface area contributed by atoms with Crippen LogP contribution in [0.1, 0.15) is 5.56 Å². The van der Waals surface area contributed by atoms with E-state index < -0.39 is 11.7 Å². The van der Waals surface area contributed by atoms with Crippen LogP contribution < -0.4 is 0 Å². The van der Waals surface area contributed by atoms with E-state index in [1.807, 2.05) is 0 Å². The quantitative estimate of drug-likeness (QED) is 0.677. The maximum absolute atomic E-state index is 12.4. The van der Waals surface area contributed by atoms with Gasteiger partial charge in [-0.2, -0.15) is 27.8 Å². The first-order valence-electron chi connectivity index (χ1n) is 5.24. The molecule has 0 N–H and O–H groups in total. The van der Waals surface area contributed by atoms with Crippen LogP contribution in [0.15, 0.2) is 36.9 Å². The fourth-order valence-electron chi connectivity index (χ4n) is 1.65. The Morgan fingerprint density at radius 3 is 2.53 bits per heavy atom. The second kappa shape index (κ2) is 4.01. The summed E-state index contributed by atoms with van der Waals surface area (Å²) in [4.78, 5) is 11.7. The van der Waals surface area contributed by atoms with Gasteiger partial charge in [-0.3, -0.25) is 4.98 Å². The van der Waals surface area contributed by atoms with Crippen LogP contribution >= 0.6 is 0 Å². The SMILES string of the molecule is FC(F)(F)c1ccc(-c2ccnc3ncnn23)nc1. The number of alkyl halides is 3. The Morgan fingerprint density at radius 2 is 1.84 bits per heavy atom. The third-order valence-corrected chi connectivity index (χ3v) is 2.53. The van der Waals surface area contributed by atoms with E-state index in [1.165, 1.54) is 23.1 Å². The molecule has 0 unspecified atom stereocenters. The van der Waals surface area contributed by atoms with Crippen molar-refractivity contribution >= 4 is 5.78 Å². The van der Waals surface area contributed by atoms with Crippen LogP contribution in [-0.2, 0) is 6.18 Å². The van der Waals surface area contributed by atoms with Gasteiger partial charge < -0.3 is 0 Å². The van der Waals surface area contributed by atoms with E-state index in [4.69, 9.17) is 0 Å². The lowest BCUT2D eigenvalue weighted by Crippen LogP contribution is -2.06. The molecule has 0 bridgehead atoms. The summed E-state index contributed by atoms with van der Waals surface area (Å²) in [6.45, 7) is 0. The number of nitrogens with zero attached hydrogens (tertiary/aromatic N) is 5. The predicted molar refractivity (Wildman–Crippen MR) is 59.0 cm³/mol. The molecular formula is C11H6F3N5. The minimum absolute atomic E-state index is 0.360. The first-order chi connectivity index (χ1) is 9.05. The molecular weight excluding hydrogens is 259 g/mol. The lowest BCUT2D eigenvalue weighted by molar-refractivity contribution is -0.137. The summed E-state index contributed by atoms with van der Waals surface area (Å²) < 4.78 is 38.8. The Balaban J connectivity index is 2.10. The van der Waals surface area contributed by atoms with Crippen molar-refractivity contribution in [1.82, 2.24) is 24.6 Å². The molecule has 3 rings (SSSR count). The summed E-state index contributed by atoms with van der Waals surface area (Å²) in [5.74, 6) is 0.360. The summed E-state index contributed by atoms with van der Waals surface area (Å²) in [6, 6.07) is 3.88. The van der Waals surface area contributed by atoms with Gasteiger partial charge in [0.25, 0.3) is 5.78 Å². The first kappa shape index (κ1) is 11.6. The Labute approximate surface area is 104 Å². The topological polar surface area (TPSA) is 56.0 Å². The Kier molecular flexibility index (Phi) is 2.44. The second-order valence-corrected chi connectivity index (χ2v) is 3.73. The van der Waals surface area contributed by atoms with Crippen LogP contribution in [0.3, 0.4) is 0 Å². The van der Waals surface area contributed by atoms with Gasteiger partial charge in [-0.1, -0.05) is 0 Å². The molecule has 0 radical (unpaired) electrons. The molecule has 96 valence electrons. The molecule has 3 heterocycles. The zero-order valence-electron chi connectivity index (χ0n) is 9.33. The van der Waals surface area contributed by atoms with Crippen molar-refractivity contribution < 1.29 is 13.2 Å². The molecule has 0 saturated carbocycles. The van der Waals surface area contributed by atoms with Gasteiger partial charge in [-0.25, -0.2) is 4.98 Å². The lowest BCUT2D eigenvalue weighted by Gasteiger charge is -2.07. The Hall–Kier alpha value is -2.51. The van der Waals surface area contributed by atoms with Gasteiger partial charge in [0.1, 0.15) is 6.33 Å². The largest absolute Gasteiger partial charge is 0.417 e. The second-order valence-electron chi connectivity index (χ2n) is 3.73. The molecule has 0 fully saturated rings. The summed E-state index contributed by atoms with van der Waals surface area (Å²) in [5.41, 5.74) is 0.0993. The number of fused-ring (bicyclic) bond motifs is 1. The third kappa shape index (κ3) is 2.01. The van der Waals surface area contributed by atoms with Crippen LogP contribution in [0.2, 0.25) is 0 Å². The summed E-state index contributed by atoms with van der Waals surface area (Å²) in [5, 5.41) is 3.95. The van der Waals surface area contributed by atoms with E-state index in [-0.39, 0.29) is 0 Å². The van der Waals surface area contributed by atoms with Crippen molar-refractivity contribution in [3.63, 3.8) is 0 Å². The van der Waals surface area contributed by atoms with Gasteiger partial charge in [0, 0.05) is 12.4 Å². The van der Waals surface area contributed by atoms with E-state index in [2.05, 4.69) is 20.1 Å². The molecule has 0 aliphatic carbocycles. The highest BCUT2D eigenvalue weighted by atomic mass is 19.4. The van der Waals surface area contributed by atoms with Gasteiger partial charge >= 0.3 is 6.18 Å². The molecule has 8 heteroatoms. The highest BCUT2D eigenvalue weighted by molar-refractivity contribution is 5.56. The monoisotopic (exact) mass is 265 g/mol. The molecule has 0 saturated heterocycles. The predicted octanol–water partition coefficient (Wildman–Crippen LogP) is 2.21. The van der Waals surface area contributed by atoms with Crippen molar-refractivity contribution in [3.05, 3.63) is 42.5 Å². The maximum Gasteiger partial charge on any atom is 0.417 e. The van der Waals surface area contributed by atoms with Crippen molar-refractivity contribution in [2.75, 3.05) is 0 Å². The van der Waals surface area contributed by atoms with Gasteiger partial charge in [0.05, 0.1) is 17.0 Å². The highest BCUT2D eigenvalue weighted by Gasteiger charge is 2.30. The minimum atomic E-state index is -4.40. The molecule has 0 aromatic carbocycles. The lowest BCUT2D eigenvalue weighted by atomic mass is 10.2. The number of pyridine rings is 1. The zero-order valence-corrected chi connectivity index (χ0v) is 9.33. The van der Waals surface area contributed by atoms with E-state index in [9.17, 15) is 13.2 Å². The van der Waals surface area contributed by atoms with Crippen molar-refractivity contribution in [3.8, 4) is 11.4 Å². The molecule has 0 aliphatic rings. The minimum Gasteiger partial charge on any atom is -0.254 e.